The number of benzene rings is 2. The first-order valence-electron chi connectivity index (χ1n) is 10.6. The van der Waals surface area contributed by atoms with Gasteiger partial charge in [0.15, 0.2) is 18.1 Å². The number of methoxy groups -OCH3 is 1. The van der Waals surface area contributed by atoms with Gasteiger partial charge in [0.05, 0.1) is 25.2 Å². The molecular formula is C23H29N3O7S. The highest BCUT2D eigenvalue weighted by atomic mass is 32.2. The summed E-state index contributed by atoms with van der Waals surface area (Å²) < 4.78 is 42.2. The zero-order valence-electron chi connectivity index (χ0n) is 19.7. The zero-order chi connectivity index (χ0) is 24.9. The molecule has 1 N–H and O–H groups in total. The van der Waals surface area contributed by atoms with Crippen molar-refractivity contribution in [3.8, 4) is 11.5 Å². The van der Waals surface area contributed by atoms with Crippen LogP contribution in [0.1, 0.15) is 15.9 Å². The highest BCUT2D eigenvalue weighted by Gasteiger charge is 2.20. The lowest BCUT2D eigenvalue weighted by atomic mass is 10.1. The van der Waals surface area contributed by atoms with Crippen molar-refractivity contribution in [2.45, 2.75) is 11.8 Å². The first kappa shape index (κ1) is 25.5. The predicted molar refractivity (Wildman–Crippen MR) is 126 cm³/mol. The van der Waals surface area contributed by atoms with Crippen LogP contribution < -0.4 is 14.8 Å². The van der Waals surface area contributed by atoms with E-state index in [1.165, 1.54) is 39.4 Å². The molecule has 184 valence electrons. The van der Waals surface area contributed by atoms with E-state index in [2.05, 4.69) is 5.32 Å². The summed E-state index contributed by atoms with van der Waals surface area (Å²) in [7, 11) is 0.676. The third-order valence-corrected chi connectivity index (χ3v) is 7.19. The van der Waals surface area contributed by atoms with Crippen molar-refractivity contribution in [2.75, 3.05) is 59.4 Å². The quantitative estimate of drug-likeness (QED) is 0.598. The summed E-state index contributed by atoms with van der Waals surface area (Å²) in [5, 5.41) is 2.75. The van der Waals surface area contributed by atoms with E-state index in [9.17, 15) is 18.0 Å². The molecule has 0 radical (unpaired) electrons. The maximum Gasteiger partial charge on any atom is 0.260 e. The number of aryl methyl sites for hydroxylation is 1. The Morgan fingerprint density at radius 3 is 2.44 bits per heavy atom. The standard InChI is InChI=1S/C23H29N3O7S/c1-16-5-7-18(34(29,30)25(2)3)14-19(16)24-23(28)17-6-8-20(21(13-17)31-4)33-15-22(27)26-9-11-32-12-10-26/h5-8,13-14H,9-12,15H2,1-4H3,(H,24,28). The lowest BCUT2D eigenvalue weighted by molar-refractivity contribution is -0.137. The molecule has 0 aliphatic carbocycles. The molecule has 0 saturated carbocycles. The number of morpholine rings is 1. The van der Waals surface area contributed by atoms with Crippen LogP contribution in [0.4, 0.5) is 5.69 Å². The molecule has 0 unspecified atom stereocenters. The lowest BCUT2D eigenvalue weighted by Gasteiger charge is -2.26. The molecule has 3 rings (SSSR count). The van der Waals surface area contributed by atoms with Crippen LogP contribution in [0.25, 0.3) is 0 Å². The summed E-state index contributed by atoms with van der Waals surface area (Å²) in [6, 6.07) is 9.15. The largest absolute Gasteiger partial charge is 0.493 e. The first-order valence-corrected chi connectivity index (χ1v) is 12.1. The second-order valence-corrected chi connectivity index (χ2v) is 10.0. The SMILES string of the molecule is COc1cc(C(=O)Nc2cc(S(=O)(=O)N(C)C)ccc2C)ccc1OCC(=O)N1CCOCC1. The fraction of sp³-hybridized carbons (Fsp3) is 0.391. The Balaban J connectivity index is 1.73. The molecule has 2 amide bonds. The Labute approximate surface area is 199 Å². The molecule has 0 bridgehead atoms. The molecule has 11 heteroatoms. The summed E-state index contributed by atoms with van der Waals surface area (Å²) >= 11 is 0. The fourth-order valence-corrected chi connectivity index (χ4v) is 4.20. The van der Waals surface area contributed by atoms with Gasteiger partial charge in [-0.1, -0.05) is 6.07 Å². The Bertz CT molecular complexity index is 1160. The van der Waals surface area contributed by atoms with Crippen molar-refractivity contribution < 1.29 is 32.2 Å². The van der Waals surface area contributed by atoms with Crippen molar-refractivity contribution in [1.29, 1.82) is 0 Å². The number of anilines is 1. The highest BCUT2D eigenvalue weighted by Crippen LogP contribution is 2.29. The van der Waals surface area contributed by atoms with Crippen molar-refractivity contribution in [3.05, 3.63) is 47.5 Å². The molecule has 2 aromatic rings. The number of hydrogen-bond donors (Lipinski definition) is 1. The number of carbonyl (C=O) groups is 2. The number of nitrogens with one attached hydrogen (secondary N) is 1. The third-order valence-electron chi connectivity index (χ3n) is 5.38. The van der Waals surface area contributed by atoms with Crippen LogP contribution >= 0.6 is 0 Å². The Hall–Kier alpha value is -3.15. The van der Waals surface area contributed by atoms with E-state index in [1.807, 2.05) is 0 Å². The van der Waals surface area contributed by atoms with Gasteiger partial charge in [-0.25, -0.2) is 12.7 Å². The molecule has 1 aliphatic heterocycles. The van der Waals surface area contributed by atoms with E-state index >= 15 is 0 Å². The summed E-state index contributed by atoms with van der Waals surface area (Å²) in [5.74, 6) is 0.0194. The van der Waals surface area contributed by atoms with Crippen LogP contribution in [0.3, 0.4) is 0 Å². The van der Waals surface area contributed by atoms with Gasteiger partial charge in [0.1, 0.15) is 0 Å². The van der Waals surface area contributed by atoms with Crippen molar-refractivity contribution in [3.63, 3.8) is 0 Å². The average molecular weight is 492 g/mol. The van der Waals surface area contributed by atoms with Gasteiger partial charge in [-0.05, 0) is 42.8 Å². The van der Waals surface area contributed by atoms with Gasteiger partial charge in [0.2, 0.25) is 10.0 Å². The molecule has 1 fully saturated rings. The van der Waals surface area contributed by atoms with Gasteiger partial charge in [0, 0.05) is 38.4 Å². The Morgan fingerprint density at radius 1 is 1.09 bits per heavy atom. The average Bonchev–Trinajstić information content (AvgIpc) is 2.83. The predicted octanol–water partition coefficient (Wildman–Crippen LogP) is 1.74. The van der Waals surface area contributed by atoms with Crippen molar-refractivity contribution in [2.24, 2.45) is 0 Å². The van der Waals surface area contributed by atoms with E-state index in [-0.39, 0.29) is 23.0 Å². The minimum atomic E-state index is -3.65. The molecule has 1 saturated heterocycles. The first-order chi connectivity index (χ1) is 16.1. The minimum Gasteiger partial charge on any atom is -0.493 e. The Morgan fingerprint density at radius 2 is 1.79 bits per heavy atom. The van der Waals surface area contributed by atoms with Gasteiger partial charge in [-0.15, -0.1) is 0 Å². The van der Waals surface area contributed by atoms with Crippen LogP contribution in [0.15, 0.2) is 41.3 Å². The van der Waals surface area contributed by atoms with Crippen LogP contribution in [0.2, 0.25) is 0 Å². The van der Waals surface area contributed by atoms with Gasteiger partial charge < -0.3 is 24.4 Å². The monoisotopic (exact) mass is 491 g/mol. The van der Waals surface area contributed by atoms with Gasteiger partial charge in [-0.2, -0.15) is 0 Å². The normalized spacial score (nSPS) is 14.1. The summed E-state index contributed by atoms with van der Waals surface area (Å²) in [6.07, 6.45) is 0. The van der Waals surface area contributed by atoms with Gasteiger partial charge in [0.25, 0.3) is 11.8 Å². The highest BCUT2D eigenvalue weighted by molar-refractivity contribution is 7.89. The lowest BCUT2D eigenvalue weighted by Crippen LogP contribution is -2.43. The van der Waals surface area contributed by atoms with E-state index < -0.39 is 15.9 Å². The van der Waals surface area contributed by atoms with Crippen LogP contribution in [-0.4, -0.2) is 83.6 Å². The summed E-state index contributed by atoms with van der Waals surface area (Å²) in [6.45, 7) is 3.66. The second kappa shape index (κ2) is 10.9. The van der Waals surface area contributed by atoms with Crippen LogP contribution in [0, 0.1) is 6.92 Å². The topological polar surface area (TPSA) is 114 Å². The van der Waals surface area contributed by atoms with E-state index in [0.29, 0.717) is 49.1 Å². The molecule has 0 spiro atoms. The van der Waals surface area contributed by atoms with E-state index in [4.69, 9.17) is 14.2 Å². The smallest absolute Gasteiger partial charge is 0.260 e. The van der Waals surface area contributed by atoms with Crippen LogP contribution in [-0.2, 0) is 19.6 Å². The van der Waals surface area contributed by atoms with E-state index in [0.717, 1.165) is 4.31 Å². The molecule has 10 nitrogen and oxygen atoms in total. The molecule has 2 aromatic carbocycles. The summed E-state index contributed by atoms with van der Waals surface area (Å²) in [5.41, 5.74) is 1.37. The summed E-state index contributed by atoms with van der Waals surface area (Å²) in [4.78, 5) is 26.9. The maximum absolute atomic E-state index is 12.9. The number of amides is 2. The molecular weight excluding hydrogens is 462 g/mol. The van der Waals surface area contributed by atoms with Gasteiger partial charge >= 0.3 is 0 Å². The Kier molecular flexibility index (Phi) is 8.13. The number of sulfonamides is 1. The van der Waals surface area contributed by atoms with Gasteiger partial charge in [-0.3, -0.25) is 9.59 Å². The molecule has 34 heavy (non-hydrogen) atoms. The van der Waals surface area contributed by atoms with E-state index in [1.54, 1.807) is 30.0 Å². The fourth-order valence-electron chi connectivity index (χ4n) is 3.27. The number of rotatable bonds is 8. The van der Waals surface area contributed by atoms with Crippen LogP contribution in [0.5, 0.6) is 11.5 Å². The second-order valence-electron chi connectivity index (χ2n) is 7.87. The molecule has 1 heterocycles. The minimum absolute atomic E-state index is 0.0738. The molecule has 0 aromatic heterocycles. The number of hydrogen-bond acceptors (Lipinski definition) is 7. The maximum atomic E-state index is 12.9. The molecule has 1 aliphatic rings. The number of nitrogens with zero attached hydrogens (tertiary/aromatic N) is 2. The number of ether oxygens (including phenoxy) is 3. The van der Waals surface area contributed by atoms with Crippen molar-refractivity contribution >= 4 is 27.5 Å². The third kappa shape index (κ3) is 5.85. The number of carbonyl (C=O) groups excluding carboxylic acids is 2. The van der Waals surface area contributed by atoms with Crippen molar-refractivity contribution in [1.82, 2.24) is 9.21 Å². The molecule has 0 atom stereocenters. The zero-order valence-corrected chi connectivity index (χ0v) is 20.5.